The van der Waals surface area contributed by atoms with Crippen LogP contribution >= 0.6 is 0 Å². The predicted octanol–water partition coefficient (Wildman–Crippen LogP) is -0.635. The molecule has 84 valence electrons. The number of β-amino-alcohol motifs (C(OH)–C–C–N with tert-alkyl or cyclic N) is 1. The monoisotopic (exact) mass is 206 g/mol. The molecule has 0 bridgehead atoms. The maximum Gasteiger partial charge on any atom is 0.128 e. The van der Waals surface area contributed by atoms with E-state index in [1.807, 2.05) is 4.90 Å². The Morgan fingerprint density at radius 1 is 1.71 bits per heavy atom. The molecule has 0 aromatic carbocycles. The van der Waals surface area contributed by atoms with E-state index in [0.29, 0.717) is 26.1 Å². The van der Waals surface area contributed by atoms with Crippen LogP contribution in [0.25, 0.3) is 0 Å². The molecule has 0 aromatic rings. The van der Waals surface area contributed by atoms with Crippen molar-refractivity contribution < 1.29 is 14.2 Å². The summed E-state index contributed by atoms with van der Waals surface area (Å²) in [6.07, 6.45) is -0.860. The third-order valence-corrected chi connectivity index (χ3v) is 2.50. The van der Waals surface area contributed by atoms with E-state index in [2.05, 4.69) is 0 Å². The Morgan fingerprint density at radius 3 is 3.00 bits per heavy atom. The van der Waals surface area contributed by atoms with Gasteiger partial charge in [0.15, 0.2) is 0 Å². The topological polar surface area (TPSA) is 58.7 Å². The molecule has 0 aliphatic carbocycles. The first-order chi connectivity index (χ1) is 6.63. The molecule has 14 heavy (non-hydrogen) atoms. The van der Waals surface area contributed by atoms with Gasteiger partial charge in [-0.15, -0.1) is 0 Å². The number of nitrogens with two attached hydrogens (primary N) is 1. The van der Waals surface area contributed by atoms with Gasteiger partial charge in [-0.1, -0.05) is 0 Å². The Morgan fingerprint density at radius 2 is 2.43 bits per heavy atom. The van der Waals surface area contributed by atoms with Gasteiger partial charge in [-0.05, 0) is 13.0 Å². The van der Waals surface area contributed by atoms with Crippen LogP contribution in [0.3, 0.4) is 0 Å². The molecule has 1 fully saturated rings. The minimum atomic E-state index is -0.974. The molecule has 1 aliphatic heterocycles. The number of aliphatic hydroxyl groups excluding tert-OH is 1. The molecule has 0 aromatic heterocycles. The van der Waals surface area contributed by atoms with Crippen LogP contribution in [0.2, 0.25) is 0 Å². The molecule has 3 N–H and O–H groups in total. The molecule has 4 nitrogen and oxygen atoms in total. The van der Waals surface area contributed by atoms with Gasteiger partial charge in [-0.25, -0.2) is 4.39 Å². The summed E-state index contributed by atoms with van der Waals surface area (Å²) in [4.78, 5) is 1.89. The van der Waals surface area contributed by atoms with Gasteiger partial charge in [0.25, 0.3) is 0 Å². The van der Waals surface area contributed by atoms with Crippen molar-refractivity contribution in [3.63, 3.8) is 0 Å². The SMILES string of the molecule is COCC(O)CN1CCC(N)C(F)C1. The van der Waals surface area contributed by atoms with E-state index >= 15 is 0 Å². The summed E-state index contributed by atoms with van der Waals surface area (Å²) in [6, 6.07) is -0.342. The fraction of sp³-hybridized carbons (Fsp3) is 1.00. The van der Waals surface area contributed by atoms with Gasteiger partial charge in [-0.3, -0.25) is 4.90 Å². The van der Waals surface area contributed by atoms with Crippen LogP contribution in [0, 0.1) is 0 Å². The van der Waals surface area contributed by atoms with E-state index < -0.39 is 12.3 Å². The highest BCUT2D eigenvalue weighted by molar-refractivity contribution is 4.83. The quantitative estimate of drug-likeness (QED) is 0.642. The lowest BCUT2D eigenvalue weighted by Gasteiger charge is -2.33. The molecule has 3 unspecified atom stereocenters. The molecule has 0 saturated carbocycles. The summed E-state index contributed by atoms with van der Waals surface area (Å²) in [6.45, 7) is 1.82. The summed E-state index contributed by atoms with van der Waals surface area (Å²) in [7, 11) is 1.54. The van der Waals surface area contributed by atoms with Crippen LogP contribution in [0.5, 0.6) is 0 Å². The fourth-order valence-electron chi connectivity index (χ4n) is 1.69. The maximum atomic E-state index is 13.2. The normalized spacial score (nSPS) is 31.7. The Hall–Kier alpha value is -0.230. The van der Waals surface area contributed by atoms with Gasteiger partial charge in [0.2, 0.25) is 0 Å². The number of methoxy groups -OCH3 is 1. The lowest BCUT2D eigenvalue weighted by Crippen LogP contribution is -2.50. The van der Waals surface area contributed by atoms with E-state index in [9.17, 15) is 9.50 Å². The lowest BCUT2D eigenvalue weighted by molar-refractivity contribution is 0.0202. The van der Waals surface area contributed by atoms with Crippen molar-refractivity contribution in [1.82, 2.24) is 4.90 Å². The number of rotatable bonds is 4. The Balaban J connectivity index is 2.25. The summed E-state index contributed by atoms with van der Waals surface area (Å²) in [5.41, 5.74) is 5.54. The number of halogens is 1. The third kappa shape index (κ3) is 3.49. The van der Waals surface area contributed by atoms with Gasteiger partial charge in [-0.2, -0.15) is 0 Å². The average molecular weight is 206 g/mol. The van der Waals surface area contributed by atoms with Crippen LogP contribution in [-0.4, -0.2) is 61.7 Å². The first-order valence-corrected chi connectivity index (χ1v) is 4.92. The van der Waals surface area contributed by atoms with Crippen LogP contribution in [-0.2, 0) is 4.74 Å². The number of hydrogen-bond acceptors (Lipinski definition) is 4. The smallest absolute Gasteiger partial charge is 0.128 e. The molecular weight excluding hydrogens is 187 g/mol. The molecule has 3 atom stereocenters. The average Bonchev–Trinajstić information content (AvgIpc) is 2.12. The molecule has 0 radical (unpaired) electrons. The van der Waals surface area contributed by atoms with E-state index in [4.69, 9.17) is 10.5 Å². The highest BCUT2D eigenvalue weighted by Gasteiger charge is 2.27. The minimum Gasteiger partial charge on any atom is -0.389 e. The lowest BCUT2D eigenvalue weighted by atomic mass is 10.0. The van der Waals surface area contributed by atoms with Crippen LogP contribution in [0.1, 0.15) is 6.42 Å². The fourth-order valence-corrected chi connectivity index (χ4v) is 1.69. The second kappa shape index (κ2) is 5.60. The van der Waals surface area contributed by atoms with E-state index in [1.165, 1.54) is 7.11 Å². The third-order valence-electron chi connectivity index (χ3n) is 2.50. The number of piperidine rings is 1. The Bertz CT molecular complexity index is 171. The Labute approximate surface area is 83.8 Å². The number of ether oxygens (including phenoxy) is 1. The zero-order valence-corrected chi connectivity index (χ0v) is 8.53. The maximum absolute atomic E-state index is 13.2. The molecule has 0 spiro atoms. The molecule has 0 amide bonds. The molecule has 1 saturated heterocycles. The first kappa shape index (κ1) is 11.8. The molecule has 1 rings (SSSR count). The van der Waals surface area contributed by atoms with Gasteiger partial charge < -0.3 is 15.6 Å². The summed E-state index contributed by atoms with van der Waals surface area (Å²) in [5.74, 6) is 0. The molecule has 1 aliphatic rings. The number of alkyl halides is 1. The second-order valence-corrected chi connectivity index (χ2v) is 3.84. The van der Waals surface area contributed by atoms with Crippen molar-refractivity contribution in [2.75, 3.05) is 33.4 Å². The standard InChI is InChI=1S/C9H19FN2O2/c1-14-6-7(13)4-12-3-2-9(11)8(10)5-12/h7-9,13H,2-6,11H2,1H3. The van der Waals surface area contributed by atoms with E-state index in [1.54, 1.807) is 0 Å². The predicted molar refractivity (Wildman–Crippen MR) is 51.8 cm³/mol. The van der Waals surface area contributed by atoms with Crippen LogP contribution in [0.15, 0.2) is 0 Å². The zero-order valence-electron chi connectivity index (χ0n) is 8.53. The van der Waals surface area contributed by atoms with Gasteiger partial charge in [0.1, 0.15) is 6.17 Å². The van der Waals surface area contributed by atoms with Gasteiger partial charge in [0, 0.05) is 26.2 Å². The molecule has 5 heteroatoms. The van der Waals surface area contributed by atoms with Crippen molar-refractivity contribution in [2.24, 2.45) is 5.73 Å². The minimum absolute atomic E-state index is 0.291. The summed E-state index contributed by atoms with van der Waals surface area (Å²) in [5, 5.41) is 9.43. The number of hydrogen-bond donors (Lipinski definition) is 2. The number of nitrogens with zero attached hydrogens (tertiary/aromatic N) is 1. The van der Waals surface area contributed by atoms with E-state index in [-0.39, 0.29) is 6.04 Å². The number of likely N-dealkylation sites (tertiary alicyclic amines) is 1. The van der Waals surface area contributed by atoms with Crippen molar-refractivity contribution >= 4 is 0 Å². The Kier molecular flexibility index (Phi) is 4.74. The first-order valence-electron chi connectivity index (χ1n) is 4.92. The van der Waals surface area contributed by atoms with Crippen molar-refractivity contribution in [2.45, 2.75) is 24.7 Å². The van der Waals surface area contributed by atoms with E-state index in [0.717, 1.165) is 6.54 Å². The summed E-state index contributed by atoms with van der Waals surface area (Å²) >= 11 is 0. The summed E-state index contributed by atoms with van der Waals surface area (Å²) < 4.78 is 18.0. The largest absolute Gasteiger partial charge is 0.389 e. The van der Waals surface area contributed by atoms with Crippen molar-refractivity contribution in [3.05, 3.63) is 0 Å². The van der Waals surface area contributed by atoms with Crippen molar-refractivity contribution in [3.8, 4) is 0 Å². The van der Waals surface area contributed by atoms with Crippen LogP contribution in [0.4, 0.5) is 4.39 Å². The zero-order chi connectivity index (χ0) is 10.6. The molecule has 1 heterocycles. The van der Waals surface area contributed by atoms with Gasteiger partial charge >= 0.3 is 0 Å². The van der Waals surface area contributed by atoms with Crippen LogP contribution < -0.4 is 5.73 Å². The molecular formula is C9H19FN2O2. The number of aliphatic hydroxyl groups is 1. The van der Waals surface area contributed by atoms with Crippen molar-refractivity contribution in [1.29, 1.82) is 0 Å². The second-order valence-electron chi connectivity index (χ2n) is 3.84. The highest BCUT2D eigenvalue weighted by Crippen LogP contribution is 2.12. The highest BCUT2D eigenvalue weighted by atomic mass is 19.1. The van der Waals surface area contributed by atoms with Gasteiger partial charge in [0.05, 0.1) is 12.7 Å².